The van der Waals surface area contributed by atoms with Crippen molar-refractivity contribution in [3.8, 4) is 5.75 Å². The summed E-state index contributed by atoms with van der Waals surface area (Å²) in [5.41, 5.74) is -0.688. The summed E-state index contributed by atoms with van der Waals surface area (Å²) in [4.78, 5) is 0. The smallest absolute Gasteiger partial charge is 0.460 e. The van der Waals surface area contributed by atoms with E-state index in [0.717, 1.165) is 18.2 Å². The van der Waals surface area contributed by atoms with Gasteiger partial charge in [-0.25, -0.2) is 0 Å². The molecule has 32 heavy (non-hydrogen) atoms. The molecule has 0 aliphatic rings. The van der Waals surface area contributed by atoms with Crippen LogP contribution < -0.4 is 4.74 Å². The van der Waals surface area contributed by atoms with Gasteiger partial charge in [0.1, 0.15) is 5.75 Å². The highest BCUT2D eigenvalue weighted by Crippen LogP contribution is 2.61. The molecule has 0 aliphatic heterocycles. The second kappa shape index (κ2) is 8.45. The van der Waals surface area contributed by atoms with Gasteiger partial charge in [0, 0.05) is 12.0 Å². The van der Waals surface area contributed by atoms with Gasteiger partial charge in [0.05, 0.1) is 12.2 Å². The van der Waals surface area contributed by atoms with Crippen molar-refractivity contribution in [3.05, 3.63) is 29.8 Å². The zero-order chi connectivity index (χ0) is 25.6. The van der Waals surface area contributed by atoms with Crippen molar-refractivity contribution in [1.82, 2.24) is 0 Å². The van der Waals surface area contributed by atoms with E-state index in [-0.39, 0.29) is 0 Å². The first-order valence-corrected chi connectivity index (χ1v) is 8.44. The molecule has 0 saturated heterocycles. The van der Waals surface area contributed by atoms with Gasteiger partial charge in [-0.3, -0.25) is 0 Å². The van der Waals surface area contributed by atoms with Crippen LogP contribution in [0.2, 0.25) is 0 Å². The Hall–Kier alpha value is -1.93. The number of hydrogen-bond donors (Lipinski definition) is 1. The van der Waals surface area contributed by atoms with Crippen LogP contribution in [0, 0.1) is 0 Å². The van der Waals surface area contributed by atoms with E-state index in [1.807, 2.05) is 0 Å². The Morgan fingerprint density at radius 3 is 1.59 bits per heavy atom. The van der Waals surface area contributed by atoms with E-state index in [9.17, 15) is 62.2 Å². The molecule has 2 nitrogen and oxygen atoms in total. The second-order valence-corrected chi connectivity index (χ2v) is 6.92. The lowest BCUT2D eigenvalue weighted by Crippen LogP contribution is -2.70. The maximum absolute atomic E-state index is 14.0. The van der Waals surface area contributed by atoms with Gasteiger partial charge < -0.3 is 9.84 Å². The van der Waals surface area contributed by atoms with Crippen LogP contribution in [0.25, 0.3) is 0 Å². The predicted molar refractivity (Wildman–Crippen MR) is 82.6 cm³/mol. The predicted octanol–water partition coefficient (Wildman–Crippen LogP) is 6.64. The van der Waals surface area contributed by atoms with E-state index in [2.05, 4.69) is 0 Å². The molecule has 0 saturated carbocycles. The first kappa shape index (κ1) is 28.1. The highest BCUT2D eigenvalue weighted by molar-refractivity contribution is 5.35. The Bertz CT molecular complexity index is 787. The molecule has 186 valence electrons. The minimum Gasteiger partial charge on any atom is -0.491 e. The summed E-state index contributed by atoms with van der Waals surface area (Å²) in [5.74, 6) is -37.9. The molecule has 0 aromatic heterocycles. The average molecular weight is 498 g/mol. The number of ether oxygens (including phenoxy) is 1. The quantitative estimate of drug-likeness (QED) is 0.387. The molecule has 1 aromatic carbocycles. The summed E-state index contributed by atoms with van der Waals surface area (Å²) < 4.78 is 176. The summed E-state index contributed by atoms with van der Waals surface area (Å²) in [6.07, 6.45) is -13.7. The topological polar surface area (TPSA) is 29.5 Å². The normalized spacial score (nSPS) is 15.8. The molecule has 0 amide bonds. The minimum atomic E-state index is -7.98. The van der Waals surface area contributed by atoms with Crippen molar-refractivity contribution in [2.45, 2.75) is 68.3 Å². The van der Waals surface area contributed by atoms with Gasteiger partial charge >= 0.3 is 35.8 Å². The van der Waals surface area contributed by atoms with Crippen molar-refractivity contribution in [3.63, 3.8) is 0 Å². The summed E-state index contributed by atoms with van der Waals surface area (Å²) >= 11 is 0. The first-order valence-electron chi connectivity index (χ1n) is 8.44. The van der Waals surface area contributed by atoms with Crippen LogP contribution >= 0.6 is 0 Å². The zero-order valence-electron chi connectivity index (χ0n) is 15.9. The molecule has 0 bridgehead atoms. The SMILES string of the molecule is CC(C)Oc1ccccc1C(O)CC(F)(F)C(F)(F)C(F)(F)C(F)(F)C(F)(F)C(F)(F)F. The molecule has 1 rings (SSSR count). The number of aliphatic hydroxyl groups excluding tert-OH is 1. The van der Waals surface area contributed by atoms with Gasteiger partial charge in [0.15, 0.2) is 0 Å². The fourth-order valence-electron chi connectivity index (χ4n) is 2.40. The van der Waals surface area contributed by atoms with E-state index in [1.54, 1.807) is 0 Å². The third-order valence-corrected chi connectivity index (χ3v) is 4.09. The third kappa shape index (κ3) is 4.57. The number of aliphatic hydroxyl groups is 1. The Kier molecular flexibility index (Phi) is 7.42. The molecule has 0 aliphatic carbocycles. The van der Waals surface area contributed by atoms with Crippen molar-refractivity contribution in [2.24, 2.45) is 0 Å². The van der Waals surface area contributed by atoms with Gasteiger partial charge in [-0.05, 0) is 19.9 Å². The van der Waals surface area contributed by atoms with Gasteiger partial charge in [0.2, 0.25) is 0 Å². The molecule has 1 aromatic rings. The fraction of sp³-hybridized carbons (Fsp3) is 0.647. The van der Waals surface area contributed by atoms with Crippen LogP contribution in [0.15, 0.2) is 24.3 Å². The summed E-state index contributed by atoms with van der Waals surface area (Å²) in [5, 5.41) is 9.82. The van der Waals surface area contributed by atoms with Crippen molar-refractivity contribution >= 4 is 0 Å². The highest BCUT2D eigenvalue weighted by atomic mass is 19.4. The van der Waals surface area contributed by atoms with E-state index in [4.69, 9.17) is 4.74 Å². The third-order valence-electron chi connectivity index (χ3n) is 4.09. The fourth-order valence-corrected chi connectivity index (χ4v) is 2.40. The van der Waals surface area contributed by atoms with E-state index >= 15 is 0 Å². The maximum Gasteiger partial charge on any atom is 0.460 e. The molecular weight excluding hydrogens is 483 g/mol. The van der Waals surface area contributed by atoms with E-state index in [0.29, 0.717) is 0 Å². The summed E-state index contributed by atoms with van der Waals surface area (Å²) in [6.45, 7) is 2.82. The average Bonchev–Trinajstić information content (AvgIpc) is 2.59. The number of benzene rings is 1. The standard InChI is InChI=1S/C17H15F13O2/c1-8(2)32-11-6-4-3-5-9(11)10(31)7-12(18,19)13(20,21)14(22,23)15(24,25)16(26,27)17(28,29)30/h3-6,8,10,31H,7H2,1-2H3. The minimum absolute atomic E-state index is 0.394. The molecule has 0 spiro atoms. The molecule has 0 radical (unpaired) electrons. The van der Waals surface area contributed by atoms with Crippen LogP contribution in [0.4, 0.5) is 57.1 Å². The first-order chi connectivity index (χ1) is 14.0. The maximum atomic E-state index is 14.0. The monoisotopic (exact) mass is 498 g/mol. The molecule has 1 N–H and O–H groups in total. The Morgan fingerprint density at radius 1 is 0.719 bits per heavy atom. The number of hydrogen-bond acceptors (Lipinski definition) is 2. The molecule has 0 heterocycles. The number of halogens is 13. The zero-order valence-corrected chi connectivity index (χ0v) is 15.9. The van der Waals surface area contributed by atoms with Gasteiger partial charge in [0.25, 0.3) is 0 Å². The van der Waals surface area contributed by atoms with Crippen molar-refractivity contribution < 1.29 is 66.9 Å². The van der Waals surface area contributed by atoms with Crippen LogP contribution in [0.3, 0.4) is 0 Å². The number of alkyl halides is 13. The number of rotatable bonds is 9. The Morgan fingerprint density at radius 2 is 1.16 bits per heavy atom. The number of para-hydroxylation sites is 1. The highest BCUT2D eigenvalue weighted by Gasteiger charge is 2.90. The molecule has 1 atom stereocenters. The Labute approximate surface area is 172 Å². The van der Waals surface area contributed by atoms with Gasteiger partial charge in [-0.1, -0.05) is 18.2 Å². The van der Waals surface area contributed by atoms with Crippen LogP contribution in [0.1, 0.15) is 31.9 Å². The largest absolute Gasteiger partial charge is 0.491 e. The summed E-state index contributed by atoms with van der Waals surface area (Å²) in [6, 6.07) is 4.16. The summed E-state index contributed by atoms with van der Waals surface area (Å²) in [7, 11) is 0. The molecule has 15 heteroatoms. The molecular formula is C17H15F13O2. The second-order valence-electron chi connectivity index (χ2n) is 6.92. The van der Waals surface area contributed by atoms with Crippen LogP contribution in [-0.4, -0.2) is 47.0 Å². The lowest BCUT2D eigenvalue weighted by atomic mass is 9.90. The van der Waals surface area contributed by atoms with Gasteiger partial charge in [-0.2, -0.15) is 57.1 Å². The van der Waals surface area contributed by atoms with Crippen LogP contribution in [-0.2, 0) is 0 Å². The van der Waals surface area contributed by atoms with E-state index < -0.39 is 65.7 Å². The lowest BCUT2D eigenvalue weighted by Gasteiger charge is -2.40. The van der Waals surface area contributed by atoms with Gasteiger partial charge in [-0.15, -0.1) is 0 Å². The molecule has 1 unspecified atom stereocenters. The van der Waals surface area contributed by atoms with Crippen molar-refractivity contribution in [2.75, 3.05) is 0 Å². The van der Waals surface area contributed by atoms with E-state index in [1.165, 1.54) is 19.9 Å². The van der Waals surface area contributed by atoms with Crippen molar-refractivity contribution in [1.29, 1.82) is 0 Å². The Balaban J connectivity index is 3.38. The molecule has 0 fully saturated rings. The lowest BCUT2D eigenvalue weighted by molar-refractivity contribution is -0.440. The van der Waals surface area contributed by atoms with Crippen LogP contribution in [0.5, 0.6) is 5.75 Å².